The fourth-order valence-electron chi connectivity index (χ4n) is 9.77. The average Bonchev–Trinajstić information content (AvgIpc) is 3.52. The first-order chi connectivity index (χ1) is 27.4. The number of aromatic nitrogens is 2. The van der Waals surface area contributed by atoms with Crippen LogP contribution in [0, 0.1) is 5.41 Å². The third-order valence-electron chi connectivity index (χ3n) is 12.7. The zero-order valence-corrected chi connectivity index (χ0v) is 34.5. The number of nitrogens with one attached hydrogen (secondary N) is 1. The van der Waals surface area contributed by atoms with E-state index < -0.39 is 24.2 Å². The van der Waals surface area contributed by atoms with E-state index in [1.807, 2.05) is 12.1 Å². The van der Waals surface area contributed by atoms with E-state index in [-0.39, 0.29) is 30.8 Å². The Balaban J connectivity index is 1.30. The Hall–Kier alpha value is -4.32. The second-order valence-electron chi connectivity index (χ2n) is 18.0. The van der Waals surface area contributed by atoms with Crippen LogP contribution < -0.4 is 16.1 Å². The monoisotopic (exact) mass is 777 g/mol. The van der Waals surface area contributed by atoms with Crippen LogP contribution in [0.4, 0.5) is 10.1 Å². The average molecular weight is 778 g/mol. The first-order valence-electron chi connectivity index (χ1n) is 21.3. The molecule has 3 saturated heterocycles. The van der Waals surface area contributed by atoms with Gasteiger partial charge in [0.1, 0.15) is 12.7 Å². The molecule has 57 heavy (non-hydrogen) atoms. The smallest absolute Gasteiger partial charge is 0.324 e. The summed E-state index contributed by atoms with van der Waals surface area (Å²) in [5.74, 6) is -0.478. The Morgan fingerprint density at radius 1 is 1.00 bits per heavy atom. The maximum atomic E-state index is 14.5. The molecule has 4 aliphatic heterocycles. The van der Waals surface area contributed by atoms with Gasteiger partial charge in [0.2, 0.25) is 0 Å². The van der Waals surface area contributed by atoms with Gasteiger partial charge in [0.15, 0.2) is 0 Å². The highest BCUT2D eigenvalue weighted by Gasteiger charge is 2.35. The summed E-state index contributed by atoms with van der Waals surface area (Å²) in [5.41, 5.74) is 19.2. The SMILES string of the molecule is CCn1c(-c2cc(N3CCN4CCCC[C@@H]4C3)cnc2C(C)C)c2c3cc(ccc31)-c1cc(CF)cc(c1)C[C@H](N)C(=O)N1CCC[C@H](N1)C(=O)OCC(C)(C)C2. The van der Waals surface area contributed by atoms with Gasteiger partial charge in [0.05, 0.1) is 35.9 Å². The molecule has 3 atom stereocenters. The number of hydrazine groups is 1. The number of carbonyl (C=O) groups excluding carboxylic acids is 2. The highest BCUT2D eigenvalue weighted by atomic mass is 19.1. The number of esters is 1. The Morgan fingerprint density at radius 2 is 1.84 bits per heavy atom. The number of anilines is 1. The van der Waals surface area contributed by atoms with E-state index in [0.29, 0.717) is 37.4 Å². The number of ether oxygens (including phenoxy) is 1. The number of nitrogens with zero attached hydrogens (tertiary/aromatic N) is 5. The highest BCUT2D eigenvalue weighted by molar-refractivity contribution is 5.96. The van der Waals surface area contributed by atoms with Gasteiger partial charge in [0.25, 0.3) is 5.91 Å². The van der Waals surface area contributed by atoms with Crippen molar-refractivity contribution in [3.8, 4) is 22.4 Å². The molecule has 0 unspecified atom stereocenters. The number of amides is 1. The first kappa shape index (κ1) is 39.5. The summed E-state index contributed by atoms with van der Waals surface area (Å²) < 4.78 is 23.0. The number of fused-ring (bicyclic) bond motifs is 7. The number of benzene rings is 2. The molecule has 4 aromatic rings. The van der Waals surface area contributed by atoms with Crippen molar-refractivity contribution in [2.75, 3.05) is 44.2 Å². The van der Waals surface area contributed by atoms with Gasteiger partial charge in [-0.3, -0.25) is 24.5 Å². The minimum absolute atomic E-state index is 0.186. The number of piperidine rings is 1. The van der Waals surface area contributed by atoms with Crippen molar-refractivity contribution in [1.82, 2.24) is 24.9 Å². The van der Waals surface area contributed by atoms with Gasteiger partial charge in [0, 0.05) is 60.6 Å². The standard InChI is InChI=1S/C46H60FN7O3/c1-6-53-41-13-12-32-22-36(41)38(43(53)37-23-35(26-49-42(37)29(2)3)52-17-16-51-14-8-7-10-34(51)27-52)24-46(4,5)28-57-45(56)40-11-9-15-54(50-40)44(55)39(48)21-30-18-31(25-47)20-33(32)19-30/h12-13,18-20,22-23,26,29,34,39-40,50H,6-11,14-17,21,24-25,27-28,48H2,1-5H3/t34-,39+,40+/m1/s1. The molecular weight excluding hydrogens is 718 g/mol. The van der Waals surface area contributed by atoms with E-state index in [2.05, 4.69) is 84.9 Å². The molecule has 0 aliphatic carbocycles. The molecule has 4 aliphatic rings. The molecule has 1 amide bonds. The number of alkyl halides is 1. The van der Waals surface area contributed by atoms with Gasteiger partial charge in [-0.15, -0.1) is 0 Å². The normalized spacial score (nSPS) is 23.4. The van der Waals surface area contributed by atoms with Crippen molar-refractivity contribution in [2.24, 2.45) is 11.1 Å². The van der Waals surface area contributed by atoms with Crippen molar-refractivity contribution >= 4 is 28.5 Å². The number of nitrogens with two attached hydrogens (primary N) is 1. The Kier molecular flexibility index (Phi) is 11.2. The number of piperazine rings is 1. The lowest BCUT2D eigenvalue weighted by Gasteiger charge is -2.45. The summed E-state index contributed by atoms with van der Waals surface area (Å²) >= 11 is 0. The molecule has 2 aromatic carbocycles. The van der Waals surface area contributed by atoms with Crippen LogP contribution in [0.5, 0.6) is 0 Å². The Morgan fingerprint density at radius 3 is 2.63 bits per heavy atom. The van der Waals surface area contributed by atoms with Crippen molar-refractivity contribution in [2.45, 2.75) is 117 Å². The number of pyridine rings is 1. The summed E-state index contributed by atoms with van der Waals surface area (Å²) in [4.78, 5) is 37.6. The van der Waals surface area contributed by atoms with Crippen LogP contribution in [-0.4, -0.2) is 88.8 Å². The van der Waals surface area contributed by atoms with Gasteiger partial charge < -0.3 is 19.9 Å². The molecule has 3 N–H and O–H groups in total. The predicted octanol–water partition coefficient (Wildman–Crippen LogP) is 7.15. The third-order valence-corrected chi connectivity index (χ3v) is 12.7. The molecule has 2 aromatic heterocycles. The number of aryl methyl sites for hydroxylation is 1. The molecule has 0 saturated carbocycles. The first-order valence-corrected chi connectivity index (χ1v) is 21.3. The minimum atomic E-state index is -0.867. The van der Waals surface area contributed by atoms with Gasteiger partial charge in [-0.2, -0.15) is 0 Å². The van der Waals surface area contributed by atoms with E-state index in [1.165, 1.54) is 36.4 Å². The third kappa shape index (κ3) is 7.95. The van der Waals surface area contributed by atoms with E-state index in [0.717, 1.165) is 76.4 Å². The summed E-state index contributed by atoms with van der Waals surface area (Å²) in [5, 5.41) is 2.59. The molecule has 0 spiro atoms. The highest BCUT2D eigenvalue weighted by Crippen LogP contribution is 2.43. The lowest BCUT2D eigenvalue weighted by molar-refractivity contribution is -0.154. The van der Waals surface area contributed by atoms with E-state index in [9.17, 15) is 14.0 Å². The number of carbonyl (C=O) groups is 2. The summed E-state index contributed by atoms with van der Waals surface area (Å²) in [6, 6.07) is 13.8. The fraction of sp³-hybridized carbons (Fsp3) is 0.543. The zero-order chi connectivity index (χ0) is 40.0. The molecule has 6 heterocycles. The van der Waals surface area contributed by atoms with E-state index in [1.54, 1.807) is 6.07 Å². The van der Waals surface area contributed by atoms with Crippen LogP contribution in [-0.2, 0) is 40.4 Å². The van der Waals surface area contributed by atoms with Gasteiger partial charge in [-0.1, -0.05) is 52.3 Å². The van der Waals surface area contributed by atoms with Crippen LogP contribution >= 0.6 is 0 Å². The van der Waals surface area contributed by atoms with Gasteiger partial charge in [-0.25, -0.2) is 9.82 Å². The molecule has 3 fully saturated rings. The molecule has 8 rings (SSSR count). The number of rotatable bonds is 5. The predicted molar refractivity (Wildman–Crippen MR) is 225 cm³/mol. The van der Waals surface area contributed by atoms with Crippen molar-refractivity contribution in [1.29, 1.82) is 0 Å². The second kappa shape index (κ2) is 16.1. The quantitative estimate of drug-likeness (QED) is 0.206. The number of halogens is 1. The molecule has 10 nitrogen and oxygen atoms in total. The molecule has 11 heteroatoms. The maximum Gasteiger partial charge on any atom is 0.324 e. The fourth-order valence-corrected chi connectivity index (χ4v) is 9.77. The molecular formula is C46H60FN7O3. The number of hydrogen-bond acceptors (Lipinski definition) is 8. The van der Waals surface area contributed by atoms with E-state index in [4.69, 9.17) is 15.5 Å². The molecule has 6 bridgehead atoms. The van der Waals surface area contributed by atoms with E-state index >= 15 is 0 Å². The Labute approximate surface area is 336 Å². The van der Waals surface area contributed by atoms with Crippen molar-refractivity contribution in [3.63, 3.8) is 0 Å². The van der Waals surface area contributed by atoms with Crippen molar-refractivity contribution < 1.29 is 18.7 Å². The number of cyclic esters (lactones) is 1. The molecule has 304 valence electrons. The van der Waals surface area contributed by atoms with Crippen LogP contribution in [0.1, 0.15) is 95.0 Å². The van der Waals surface area contributed by atoms with Crippen LogP contribution in [0.25, 0.3) is 33.3 Å². The minimum Gasteiger partial charge on any atom is -0.464 e. The van der Waals surface area contributed by atoms with Crippen LogP contribution in [0.3, 0.4) is 0 Å². The summed E-state index contributed by atoms with van der Waals surface area (Å²) in [6.45, 7) is 16.0. The van der Waals surface area contributed by atoms with Crippen molar-refractivity contribution in [3.05, 3.63) is 71.0 Å². The zero-order valence-electron chi connectivity index (χ0n) is 34.5. The summed E-state index contributed by atoms with van der Waals surface area (Å²) in [6.07, 6.45) is 8.00. The van der Waals surface area contributed by atoms with Crippen LogP contribution in [0.2, 0.25) is 0 Å². The van der Waals surface area contributed by atoms with Crippen LogP contribution in [0.15, 0.2) is 48.7 Å². The Bertz CT molecular complexity index is 2150. The summed E-state index contributed by atoms with van der Waals surface area (Å²) in [7, 11) is 0. The maximum absolute atomic E-state index is 14.5. The molecule has 0 radical (unpaired) electrons. The second-order valence-corrected chi connectivity index (χ2v) is 18.0. The topological polar surface area (TPSA) is 109 Å². The largest absolute Gasteiger partial charge is 0.464 e. The van der Waals surface area contributed by atoms with Gasteiger partial charge in [-0.05, 0) is 110 Å². The number of hydrogen-bond donors (Lipinski definition) is 2. The van der Waals surface area contributed by atoms with Gasteiger partial charge >= 0.3 is 5.97 Å². The lowest BCUT2D eigenvalue weighted by Crippen LogP contribution is -2.59. The lowest BCUT2D eigenvalue weighted by atomic mass is 9.83.